The van der Waals surface area contributed by atoms with Crippen molar-refractivity contribution in [1.29, 1.82) is 0 Å². The third-order valence-electron chi connectivity index (χ3n) is 4.80. The van der Waals surface area contributed by atoms with E-state index in [4.69, 9.17) is 11.6 Å². The maximum Gasteiger partial charge on any atom is 0.228 e. The van der Waals surface area contributed by atoms with Gasteiger partial charge in [-0.25, -0.2) is 13.4 Å². The Bertz CT molecular complexity index is 1200. The van der Waals surface area contributed by atoms with E-state index >= 15 is 0 Å². The first kappa shape index (κ1) is 18.9. The molecule has 1 N–H and O–H groups in total. The van der Waals surface area contributed by atoms with Gasteiger partial charge in [-0.1, -0.05) is 53.1 Å². The number of pyridine rings is 1. The minimum absolute atomic E-state index is 0.290. The van der Waals surface area contributed by atoms with E-state index in [1.165, 1.54) is 10.7 Å². The molecular formula is C21H20ClN3O2S. The van der Waals surface area contributed by atoms with Gasteiger partial charge in [0.25, 0.3) is 0 Å². The van der Waals surface area contributed by atoms with Crippen LogP contribution in [0.25, 0.3) is 16.6 Å². The third-order valence-corrected chi connectivity index (χ3v) is 6.13. The standard InChI is InChI=1S/C21H20ClN3O2S/c1-13-4-7-15(8-5-13)19-12-20(25(24-19)28(3,26)27)17-11-16-10-14(2)6-9-18(16)23-21(17)22/h4-12,20,24H,1-3H3/t20-/m1/s1. The molecule has 1 atom stereocenters. The van der Waals surface area contributed by atoms with Crippen molar-refractivity contribution >= 4 is 38.2 Å². The van der Waals surface area contributed by atoms with Crippen molar-refractivity contribution in [3.05, 3.63) is 82.0 Å². The highest BCUT2D eigenvalue weighted by atomic mass is 35.5. The summed E-state index contributed by atoms with van der Waals surface area (Å²) in [5, 5.41) is 1.21. The Morgan fingerprint density at radius 3 is 2.39 bits per heavy atom. The van der Waals surface area contributed by atoms with Crippen LogP contribution in [0.1, 0.15) is 28.3 Å². The average molecular weight is 414 g/mol. The fourth-order valence-corrected chi connectivity index (χ4v) is 4.46. The second-order valence-electron chi connectivity index (χ2n) is 7.13. The Morgan fingerprint density at radius 1 is 1.04 bits per heavy atom. The Balaban J connectivity index is 1.85. The summed E-state index contributed by atoms with van der Waals surface area (Å²) in [5.41, 5.74) is 8.30. The molecule has 1 aliphatic rings. The molecule has 28 heavy (non-hydrogen) atoms. The number of hydrogen-bond acceptors (Lipinski definition) is 4. The van der Waals surface area contributed by atoms with Gasteiger partial charge in [0.2, 0.25) is 10.0 Å². The van der Waals surface area contributed by atoms with E-state index in [1.54, 1.807) is 0 Å². The fourth-order valence-electron chi connectivity index (χ4n) is 3.35. The van der Waals surface area contributed by atoms with Gasteiger partial charge in [-0.3, -0.25) is 0 Å². The second-order valence-corrected chi connectivity index (χ2v) is 9.34. The van der Waals surface area contributed by atoms with Crippen molar-refractivity contribution in [2.45, 2.75) is 19.9 Å². The molecule has 4 rings (SSSR count). The maximum atomic E-state index is 12.4. The van der Waals surface area contributed by atoms with E-state index in [0.717, 1.165) is 33.3 Å². The molecule has 144 valence electrons. The number of aromatic nitrogens is 1. The number of nitrogens with zero attached hydrogens (tertiary/aromatic N) is 2. The number of fused-ring (bicyclic) bond motifs is 1. The molecule has 5 nitrogen and oxygen atoms in total. The van der Waals surface area contributed by atoms with Gasteiger partial charge in [-0.2, -0.15) is 0 Å². The van der Waals surface area contributed by atoms with E-state index in [9.17, 15) is 8.42 Å². The van der Waals surface area contributed by atoms with Crippen LogP contribution in [0.4, 0.5) is 0 Å². The van der Waals surface area contributed by atoms with Crippen LogP contribution in [0.2, 0.25) is 5.15 Å². The molecule has 0 spiro atoms. The summed E-state index contributed by atoms with van der Waals surface area (Å²) in [6.45, 7) is 4.01. The van der Waals surface area contributed by atoms with Crippen molar-refractivity contribution < 1.29 is 8.42 Å². The smallest absolute Gasteiger partial charge is 0.228 e. The van der Waals surface area contributed by atoms with Crippen LogP contribution in [0.5, 0.6) is 0 Å². The third kappa shape index (κ3) is 3.51. The van der Waals surface area contributed by atoms with E-state index in [1.807, 2.05) is 68.5 Å². The normalized spacial score (nSPS) is 17.6. The van der Waals surface area contributed by atoms with E-state index in [0.29, 0.717) is 10.7 Å². The Hall–Kier alpha value is -2.41. The summed E-state index contributed by atoms with van der Waals surface area (Å²) in [5.74, 6) is 0. The topological polar surface area (TPSA) is 62.3 Å². The molecule has 0 amide bonds. The van der Waals surface area contributed by atoms with Gasteiger partial charge in [0, 0.05) is 10.9 Å². The van der Waals surface area contributed by atoms with Crippen LogP contribution in [-0.2, 0) is 10.0 Å². The maximum absolute atomic E-state index is 12.4. The summed E-state index contributed by atoms with van der Waals surface area (Å²) in [6.07, 6.45) is 3.04. The van der Waals surface area contributed by atoms with Crippen LogP contribution in [0, 0.1) is 13.8 Å². The summed E-state index contributed by atoms with van der Waals surface area (Å²) in [4.78, 5) is 4.47. The monoisotopic (exact) mass is 413 g/mol. The molecule has 1 aliphatic heterocycles. The first-order chi connectivity index (χ1) is 13.2. The zero-order valence-electron chi connectivity index (χ0n) is 15.8. The van der Waals surface area contributed by atoms with Crippen molar-refractivity contribution in [1.82, 2.24) is 14.8 Å². The average Bonchev–Trinajstić information content (AvgIpc) is 3.07. The highest BCUT2D eigenvalue weighted by Gasteiger charge is 2.35. The summed E-state index contributed by atoms with van der Waals surface area (Å²) in [7, 11) is -3.54. The SMILES string of the molecule is Cc1ccc(C2=C[C@H](c3cc4cc(C)ccc4nc3Cl)N(S(C)(=O)=O)N2)cc1. The first-order valence-corrected chi connectivity index (χ1v) is 11.1. The van der Waals surface area contributed by atoms with Crippen LogP contribution in [-0.4, -0.2) is 24.1 Å². The summed E-state index contributed by atoms with van der Waals surface area (Å²) < 4.78 is 26.1. The minimum Gasteiger partial charge on any atom is -0.304 e. The summed E-state index contributed by atoms with van der Waals surface area (Å²) >= 11 is 6.46. The highest BCUT2D eigenvalue weighted by molar-refractivity contribution is 7.88. The van der Waals surface area contributed by atoms with Crippen LogP contribution >= 0.6 is 11.6 Å². The molecule has 0 unspecified atom stereocenters. The molecular weight excluding hydrogens is 394 g/mol. The van der Waals surface area contributed by atoms with Crippen molar-refractivity contribution in [2.75, 3.05) is 6.26 Å². The van der Waals surface area contributed by atoms with Crippen molar-refractivity contribution in [3.8, 4) is 0 Å². The molecule has 2 aromatic carbocycles. The van der Waals surface area contributed by atoms with Gasteiger partial charge >= 0.3 is 0 Å². The molecule has 0 aliphatic carbocycles. The largest absolute Gasteiger partial charge is 0.304 e. The Labute approximate surface area is 169 Å². The number of hydrazine groups is 1. The zero-order valence-corrected chi connectivity index (χ0v) is 17.3. The molecule has 1 aromatic heterocycles. The van der Waals surface area contributed by atoms with Crippen LogP contribution in [0.15, 0.2) is 54.6 Å². The van der Waals surface area contributed by atoms with Crippen LogP contribution < -0.4 is 5.43 Å². The molecule has 2 heterocycles. The summed E-state index contributed by atoms with van der Waals surface area (Å²) in [6, 6.07) is 15.1. The number of nitrogens with one attached hydrogen (secondary N) is 1. The van der Waals surface area contributed by atoms with E-state index in [2.05, 4.69) is 10.4 Å². The Morgan fingerprint density at radius 2 is 1.71 bits per heavy atom. The lowest BCUT2D eigenvalue weighted by atomic mass is 10.0. The molecule has 0 saturated heterocycles. The number of aryl methyl sites for hydroxylation is 2. The Kier molecular flexibility index (Phi) is 4.65. The van der Waals surface area contributed by atoms with Crippen molar-refractivity contribution in [2.24, 2.45) is 0 Å². The number of hydrogen-bond donors (Lipinski definition) is 1. The molecule has 0 bridgehead atoms. The number of sulfonamides is 1. The first-order valence-electron chi connectivity index (χ1n) is 8.84. The fraction of sp³-hybridized carbons (Fsp3) is 0.190. The minimum atomic E-state index is -3.54. The van der Waals surface area contributed by atoms with Crippen LogP contribution in [0.3, 0.4) is 0 Å². The lowest BCUT2D eigenvalue weighted by Crippen LogP contribution is -2.38. The molecule has 0 radical (unpaired) electrons. The lowest BCUT2D eigenvalue weighted by molar-refractivity contribution is 0.351. The number of rotatable bonds is 3. The lowest BCUT2D eigenvalue weighted by Gasteiger charge is -2.23. The van der Waals surface area contributed by atoms with Gasteiger partial charge in [0.15, 0.2) is 0 Å². The predicted molar refractivity (Wildman–Crippen MR) is 113 cm³/mol. The second kappa shape index (κ2) is 6.88. The number of halogens is 1. The van der Waals surface area contributed by atoms with Gasteiger partial charge in [-0.05, 0) is 43.7 Å². The van der Waals surface area contributed by atoms with Crippen molar-refractivity contribution in [3.63, 3.8) is 0 Å². The highest BCUT2D eigenvalue weighted by Crippen LogP contribution is 2.37. The zero-order chi connectivity index (χ0) is 20.1. The van der Waals surface area contributed by atoms with Gasteiger partial charge in [0.1, 0.15) is 5.15 Å². The van der Waals surface area contributed by atoms with E-state index < -0.39 is 16.1 Å². The van der Waals surface area contributed by atoms with Gasteiger partial charge in [0.05, 0.1) is 23.5 Å². The molecule has 3 aromatic rings. The van der Waals surface area contributed by atoms with Gasteiger partial charge < -0.3 is 5.43 Å². The quantitative estimate of drug-likeness (QED) is 0.648. The molecule has 7 heteroatoms. The van der Waals surface area contributed by atoms with Gasteiger partial charge in [-0.15, -0.1) is 4.41 Å². The predicted octanol–water partition coefficient (Wildman–Crippen LogP) is 4.37. The molecule has 0 saturated carbocycles. The number of benzene rings is 2. The molecule has 0 fully saturated rings. The van der Waals surface area contributed by atoms with E-state index in [-0.39, 0.29) is 0 Å².